The molecule has 1 atom stereocenters. The molecule has 21 heavy (non-hydrogen) atoms. The highest BCUT2D eigenvalue weighted by Gasteiger charge is 2.37. The van der Waals surface area contributed by atoms with Crippen LogP contribution in [-0.4, -0.2) is 9.75 Å². The van der Waals surface area contributed by atoms with Crippen LogP contribution in [0.5, 0.6) is 0 Å². The molecule has 0 fully saturated rings. The van der Waals surface area contributed by atoms with Crippen LogP contribution in [-0.2, 0) is 17.2 Å². The minimum absolute atomic E-state index is 0.151. The fraction of sp³-hybridized carbons (Fsp3) is 0.571. The predicted molar refractivity (Wildman–Crippen MR) is 81.8 cm³/mol. The summed E-state index contributed by atoms with van der Waals surface area (Å²) in [5.41, 5.74) is -1.19. The van der Waals surface area contributed by atoms with E-state index in [-0.39, 0.29) is 5.02 Å². The molecule has 2 nitrogen and oxygen atoms in total. The number of hydrogen-bond acceptors (Lipinski definition) is 1. The minimum Gasteiger partial charge on any atom is -0.237 e. The number of hydrogen-bond donors (Lipinski definition) is 1. The van der Waals surface area contributed by atoms with Crippen LogP contribution in [0, 0.1) is 6.92 Å². The highest BCUT2D eigenvalue weighted by atomic mass is 35.5. The Kier molecular flexibility index (Phi) is 7.39. The zero-order valence-corrected chi connectivity index (χ0v) is 14.6. The van der Waals surface area contributed by atoms with Crippen molar-refractivity contribution in [3.05, 3.63) is 28.3 Å². The highest BCUT2D eigenvalue weighted by molar-refractivity contribution is 7.83. The molecule has 0 aliphatic carbocycles. The lowest BCUT2D eigenvalue weighted by Gasteiger charge is -2.22. The first-order chi connectivity index (χ1) is 9.42. The van der Waals surface area contributed by atoms with Gasteiger partial charge in [0, 0.05) is 5.54 Å². The Morgan fingerprint density at radius 2 is 1.62 bits per heavy atom. The molecule has 0 aliphatic heterocycles. The van der Waals surface area contributed by atoms with Gasteiger partial charge in [-0.1, -0.05) is 25.4 Å². The third-order valence-corrected chi connectivity index (χ3v) is 4.10. The van der Waals surface area contributed by atoms with Gasteiger partial charge in [-0.25, -0.2) is 8.93 Å². The molecule has 0 aliphatic rings. The quantitative estimate of drug-likeness (QED) is 0.794. The van der Waals surface area contributed by atoms with Gasteiger partial charge in [0.05, 0.1) is 15.5 Å². The van der Waals surface area contributed by atoms with Crippen molar-refractivity contribution < 1.29 is 17.4 Å². The zero-order valence-electron chi connectivity index (χ0n) is 13.0. The summed E-state index contributed by atoms with van der Waals surface area (Å²) < 4.78 is 53.6. The molecule has 0 spiro atoms. The van der Waals surface area contributed by atoms with E-state index in [0.717, 1.165) is 6.07 Å². The Balaban J connectivity index is 0.00000191. The summed E-state index contributed by atoms with van der Waals surface area (Å²) in [6.07, 6.45) is -4.60. The molecule has 1 aromatic rings. The smallest absolute Gasteiger partial charge is 0.237 e. The van der Waals surface area contributed by atoms with Crippen molar-refractivity contribution in [1.82, 2.24) is 4.72 Å². The van der Waals surface area contributed by atoms with E-state index < -0.39 is 33.2 Å². The van der Waals surface area contributed by atoms with Crippen LogP contribution >= 0.6 is 11.6 Å². The van der Waals surface area contributed by atoms with Gasteiger partial charge in [-0.05, 0) is 45.4 Å². The van der Waals surface area contributed by atoms with Crippen LogP contribution in [0.1, 0.15) is 45.7 Å². The van der Waals surface area contributed by atoms with Crippen LogP contribution in [0.15, 0.2) is 17.0 Å². The summed E-state index contributed by atoms with van der Waals surface area (Å²) >= 11 is 5.83. The first-order valence-electron chi connectivity index (χ1n) is 6.49. The maximum absolute atomic E-state index is 13.0. The molecule has 0 amide bonds. The summed E-state index contributed by atoms with van der Waals surface area (Å²) in [6, 6.07) is 2.32. The Hall–Kier alpha value is -0.590. The lowest BCUT2D eigenvalue weighted by molar-refractivity contribution is -0.139. The number of rotatable bonds is 2. The molecule has 0 saturated carbocycles. The van der Waals surface area contributed by atoms with Crippen molar-refractivity contribution in [2.75, 3.05) is 0 Å². The number of alkyl halides is 3. The van der Waals surface area contributed by atoms with Gasteiger partial charge in [0.15, 0.2) is 0 Å². The third-order valence-electron chi connectivity index (χ3n) is 2.08. The number of halogens is 4. The van der Waals surface area contributed by atoms with Gasteiger partial charge >= 0.3 is 6.18 Å². The summed E-state index contributed by atoms with van der Waals surface area (Å²) in [4.78, 5) is -0.422. The van der Waals surface area contributed by atoms with Gasteiger partial charge in [0.1, 0.15) is 11.0 Å². The van der Waals surface area contributed by atoms with Gasteiger partial charge < -0.3 is 0 Å². The SMILES string of the molecule is CC.Cc1cc(Cl)c(S(=O)NC(C)(C)C)c(C(F)(F)F)c1. The Morgan fingerprint density at radius 1 is 1.14 bits per heavy atom. The second-order valence-electron chi connectivity index (χ2n) is 5.24. The van der Waals surface area contributed by atoms with Crippen molar-refractivity contribution in [3.63, 3.8) is 0 Å². The van der Waals surface area contributed by atoms with Gasteiger partial charge in [0.25, 0.3) is 0 Å². The van der Waals surface area contributed by atoms with Gasteiger partial charge in [-0.3, -0.25) is 0 Å². The summed E-state index contributed by atoms with van der Waals surface area (Å²) in [5, 5.41) is -0.151. The Labute approximate surface area is 131 Å². The molecule has 122 valence electrons. The molecule has 1 N–H and O–H groups in total. The van der Waals surface area contributed by atoms with Crippen LogP contribution in [0.3, 0.4) is 0 Å². The van der Waals surface area contributed by atoms with E-state index in [9.17, 15) is 17.4 Å². The Morgan fingerprint density at radius 3 is 2.00 bits per heavy atom. The monoisotopic (exact) mass is 343 g/mol. The minimum atomic E-state index is -4.60. The summed E-state index contributed by atoms with van der Waals surface area (Å²) in [7, 11) is -2.03. The van der Waals surface area contributed by atoms with Crippen LogP contribution in [0.2, 0.25) is 5.02 Å². The maximum atomic E-state index is 13.0. The molecular formula is C14H21ClF3NOS. The Bertz CT molecular complexity index is 510. The first kappa shape index (κ1) is 20.4. The molecule has 0 saturated heterocycles. The lowest BCUT2D eigenvalue weighted by atomic mass is 10.1. The molecule has 1 aromatic carbocycles. The van der Waals surface area contributed by atoms with E-state index in [1.807, 2.05) is 13.8 Å². The van der Waals surface area contributed by atoms with Crippen LogP contribution < -0.4 is 4.72 Å². The molecule has 7 heteroatoms. The highest BCUT2D eigenvalue weighted by Crippen LogP contribution is 2.37. The second-order valence-corrected chi connectivity index (χ2v) is 6.80. The summed E-state index contributed by atoms with van der Waals surface area (Å²) in [5.74, 6) is 0. The fourth-order valence-electron chi connectivity index (χ4n) is 1.46. The van der Waals surface area contributed by atoms with Crippen molar-refractivity contribution in [3.8, 4) is 0 Å². The van der Waals surface area contributed by atoms with E-state index in [4.69, 9.17) is 11.6 Å². The van der Waals surface area contributed by atoms with E-state index in [1.54, 1.807) is 20.8 Å². The van der Waals surface area contributed by atoms with Gasteiger partial charge in [0.2, 0.25) is 0 Å². The second kappa shape index (κ2) is 7.61. The molecule has 0 heterocycles. The van der Waals surface area contributed by atoms with Crippen molar-refractivity contribution in [1.29, 1.82) is 0 Å². The fourth-order valence-corrected chi connectivity index (χ4v) is 3.21. The predicted octanol–water partition coefficient (Wildman–Crippen LogP) is 5.10. The topological polar surface area (TPSA) is 29.1 Å². The average Bonchev–Trinajstić information content (AvgIpc) is 2.26. The first-order valence-corrected chi connectivity index (χ1v) is 8.01. The number of nitrogens with one attached hydrogen (secondary N) is 1. The molecule has 1 rings (SSSR count). The molecular weight excluding hydrogens is 323 g/mol. The molecule has 0 bridgehead atoms. The maximum Gasteiger partial charge on any atom is 0.417 e. The van der Waals surface area contributed by atoms with E-state index in [2.05, 4.69) is 4.72 Å². The van der Waals surface area contributed by atoms with E-state index >= 15 is 0 Å². The third kappa shape index (κ3) is 6.36. The summed E-state index contributed by atoms with van der Waals surface area (Å²) in [6.45, 7) is 10.6. The van der Waals surface area contributed by atoms with Gasteiger partial charge in [-0.15, -0.1) is 0 Å². The molecule has 0 aromatic heterocycles. The average molecular weight is 344 g/mol. The number of benzene rings is 1. The standard InChI is InChI=1S/C12H15ClF3NOS.C2H6/c1-7-5-8(12(14,15)16)10(9(13)6-7)19(18)17-11(2,3)4;1-2/h5-6,17H,1-4H3;1-2H3. The molecule has 1 unspecified atom stereocenters. The van der Waals surface area contributed by atoms with E-state index in [0.29, 0.717) is 5.56 Å². The van der Waals surface area contributed by atoms with E-state index in [1.165, 1.54) is 13.0 Å². The normalized spacial score (nSPS) is 13.4. The van der Waals surface area contributed by atoms with Crippen LogP contribution in [0.25, 0.3) is 0 Å². The van der Waals surface area contributed by atoms with Crippen LogP contribution in [0.4, 0.5) is 13.2 Å². The number of aryl methyl sites for hydroxylation is 1. The largest absolute Gasteiger partial charge is 0.417 e. The van der Waals surface area contributed by atoms with Crippen molar-refractivity contribution in [2.45, 2.75) is 58.2 Å². The molecule has 0 radical (unpaired) electrons. The van der Waals surface area contributed by atoms with Crippen molar-refractivity contribution in [2.24, 2.45) is 0 Å². The van der Waals surface area contributed by atoms with Gasteiger partial charge in [-0.2, -0.15) is 13.2 Å². The zero-order chi connectivity index (χ0) is 17.0. The lowest BCUT2D eigenvalue weighted by Crippen LogP contribution is -2.37. The van der Waals surface area contributed by atoms with Crippen molar-refractivity contribution >= 4 is 22.6 Å².